The van der Waals surface area contributed by atoms with E-state index in [1.165, 1.54) is 56.8 Å². The van der Waals surface area contributed by atoms with Crippen LogP contribution >= 0.6 is 24.4 Å². The number of para-hydroxylation sites is 1. The number of nitrogens with two attached hydrogens (primary N) is 1. The summed E-state index contributed by atoms with van der Waals surface area (Å²) in [7, 11) is 0. The first kappa shape index (κ1) is 59.1. The summed E-state index contributed by atoms with van der Waals surface area (Å²) in [6.07, 6.45) is -1.37. The summed E-state index contributed by atoms with van der Waals surface area (Å²) >= 11 is 5.65. The SMILES string of the molecule is CC(O)C(CO)N[C@@H](CS)C(=O)NC(=O)[C@@H](NC(=O)[C@H](CCCC=N)NC(=O)[C@@H](CC12S[C@H]1Nc1ccccc12)NC(=O)[C@H](Cc1ccc(O)cc1)NC(=O)[C@H](C)NC(=O)[C@H](N)Cc1ccc(N=[N+]=[N-])cc1)[C@@H](C)O. The van der Waals surface area contributed by atoms with Crippen molar-refractivity contribution in [3.05, 3.63) is 99.9 Å². The lowest BCUT2D eigenvalue weighted by Gasteiger charge is -2.29. The molecule has 2 heterocycles. The van der Waals surface area contributed by atoms with Crippen LogP contribution in [0.15, 0.2) is 77.9 Å². The average molecular weight is 1080 g/mol. The van der Waals surface area contributed by atoms with Crippen LogP contribution in [0.2, 0.25) is 0 Å². The lowest BCUT2D eigenvalue weighted by Crippen LogP contribution is -2.62. The van der Waals surface area contributed by atoms with Gasteiger partial charge in [-0.2, -0.15) is 12.6 Å². The van der Waals surface area contributed by atoms with Crippen molar-refractivity contribution in [3.8, 4) is 5.75 Å². The molecule has 3 aromatic rings. The summed E-state index contributed by atoms with van der Waals surface area (Å²) in [4.78, 5) is 100. The van der Waals surface area contributed by atoms with E-state index in [9.17, 15) is 54.0 Å². The predicted molar refractivity (Wildman–Crippen MR) is 283 cm³/mol. The number of carbonyl (C=O) groups excluding carboxylic acids is 7. The van der Waals surface area contributed by atoms with E-state index in [2.05, 4.69) is 65.2 Å². The van der Waals surface area contributed by atoms with Gasteiger partial charge in [0.05, 0.1) is 47.1 Å². The van der Waals surface area contributed by atoms with Crippen LogP contribution in [0.3, 0.4) is 0 Å². The molecule has 75 heavy (non-hydrogen) atoms. The first-order valence-corrected chi connectivity index (χ1v) is 25.7. The largest absolute Gasteiger partial charge is 0.508 e. The number of anilines is 1. The molecule has 1 fully saturated rings. The van der Waals surface area contributed by atoms with E-state index in [0.717, 1.165) is 17.5 Å². The molecule has 0 aliphatic carbocycles. The van der Waals surface area contributed by atoms with Crippen molar-refractivity contribution in [3.63, 3.8) is 0 Å². The number of hydrogen-bond donors (Lipinski definition) is 15. The zero-order valence-corrected chi connectivity index (χ0v) is 43.1. The van der Waals surface area contributed by atoms with Gasteiger partial charge in [0, 0.05) is 28.5 Å². The molecule has 24 nitrogen and oxygen atoms in total. The van der Waals surface area contributed by atoms with Gasteiger partial charge in [-0.05, 0) is 99.5 Å². The standard InChI is InChI=1S/C49H65N13O11S2/c1-25(53-42(68)33(51)20-28-11-15-30(16-12-28)61-62-52)41(67)56-36(21-29-13-17-31(66)18-14-29)44(70)57-37(22-49-32-8-4-5-9-34(32)58-48(49)75-49)45(71)55-35(10-6-7-19-50)43(69)59-40(27(3)65)47(73)60-46(72)39(24-74)54-38(23-63)26(2)64/h4-5,8-9,11-19,25-27,33,35-40,48,50,54,58,63-66,74H,6-7,10,20-24,51H2,1-3H3,(H,53,68)(H,55,71)(H,56,67)(H,57,70)(H,59,69)(H,60,72,73)/t25-,26?,27+,33+,35-,36-,37+,38?,39-,40-,48+,49?/m0/s1. The van der Waals surface area contributed by atoms with Gasteiger partial charge in [0.2, 0.25) is 35.4 Å². The molecule has 5 rings (SSSR count). The van der Waals surface area contributed by atoms with E-state index in [0.29, 0.717) is 16.8 Å². The zero-order chi connectivity index (χ0) is 55.0. The van der Waals surface area contributed by atoms with Gasteiger partial charge in [0.1, 0.15) is 36.0 Å². The van der Waals surface area contributed by atoms with Gasteiger partial charge in [-0.15, -0.1) is 11.8 Å². The number of thioether (sulfide) groups is 1. The van der Waals surface area contributed by atoms with E-state index in [1.807, 2.05) is 24.3 Å². The summed E-state index contributed by atoms with van der Waals surface area (Å²) in [5.74, 6) is -6.38. The summed E-state index contributed by atoms with van der Waals surface area (Å²) in [5, 5.41) is 72.6. The minimum atomic E-state index is -1.75. The van der Waals surface area contributed by atoms with E-state index in [-0.39, 0.29) is 55.4 Å². The fourth-order valence-corrected chi connectivity index (χ4v) is 9.94. The number of carbonyl (C=O) groups is 7. The number of aromatic hydroxyl groups is 1. The molecular formula is C49H65N13O11S2. The maximum Gasteiger partial charge on any atom is 0.251 e. The zero-order valence-electron chi connectivity index (χ0n) is 41.4. The number of amides is 7. The predicted octanol–water partition coefficient (Wildman–Crippen LogP) is 0.148. The van der Waals surface area contributed by atoms with Gasteiger partial charge >= 0.3 is 0 Å². The van der Waals surface area contributed by atoms with Crippen LogP contribution in [0.1, 0.15) is 63.1 Å². The molecular weight excluding hydrogens is 1010 g/mol. The number of azide groups is 1. The van der Waals surface area contributed by atoms with E-state index in [4.69, 9.17) is 16.7 Å². The number of thiol groups is 1. The van der Waals surface area contributed by atoms with E-state index >= 15 is 0 Å². The maximum absolute atomic E-state index is 14.8. The van der Waals surface area contributed by atoms with Crippen LogP contribution in [-0.4, -0.2) is 146 Å². The Morgan fingerprint density at radius 3 is 2.04 bits per heavy atom. The Labute approximate surface area is 442 Å². The van der Waals surface area contributed by atoms with Gasteiger partial charge < -0.3 is 63.5 Å². The molecule has 404 valence electrons. The molecule has 0 radical (unpaired) electrons. The normalized spacial score (nSPS) is 19.1. The van der Waals surface area contributed by atoms with Gasteiger partial charge in [-0.3, -0.25) is 44.2 Å². The average Bonchev–Trinajstić information content (AvgIpc) is 3.98. The molecule has 2 aliphatic heterocycles. The molecule has 0 bridgehead atoms. The molecule has 1 saturated heterocycles. The number of aliphatic hydroxyl groups excluding tert-OH is 3. The molecule has 2 aliphatic rings. The quantitative estimate of drug-likeness (QED) is 0.00837. The Morgan fingerprint density at radius 1 is 0.800 bits per heavy atom. The number of unbranched alkanes of at least 4 members (excludes halogenated alkanes) is 1. The van der Waals surface area contributed by atoms with Crippen LogP contribution in [0.5, 0.6) is 5.75 Å². The van der Waals surface area contributed by atoms with Crippen LogP contribution in [0.25, 0.3) is 10.4 Å². The number of nitrogens with one attached hydrogen (secondary N) is 9. The van der Waals surface area contributed by atoms with Crippen molar-refractivity contribution >= 4 is 83.3 Å². The Kier molecular flexibility index (Phi) is 21.8. The third kappa shape index (κ3) is 16.4. The molecule has 3 aromatic carbocycles. The molecule has 15 N–H and O–H groups in total. The Hall–Kier alpha value is -6.77. The second-order valence-corrected chi connectivity index (χ2v) is 20.2. The highest BCUT2D eigenvalue weighted by molar-refractivity contribution is 8.08. The highest BCUT2D eigenvalue weighted by Gasteiger charge is 2.63. The third-order valence-corrected chi connectivity index (χ3v) is 14.5. The minimum Gasteiger partial charge on any atom is -0.508 e. The number of aliphatic hydroxyl groups is 3. The van der Waals surface area contributed by atoms with Crippen LogP contribution in [-0.2, 0) is 51.2 Å². The number of nitrogens with zero attached hydrogens (tertiary/aromatic N) is 3. The number of hydrogen-bond acceptors (Lipinski definition) is 18. The minimum absolute atomic E-state index is 0.0232. The van der Waals surface area contributed by atoms with E-state index < -0.39 is 113 Å². The smallest absolute Gasteiger partial charge is 0.251 e. The maximum atomic E-state index is 14.8. The van der Waals surface area contributed by atoms with Crippen molar-refractivity contribution in [2.24, 2.45) is 10.8 Å². The topological polar surface area (TPSA) is 395 Å². The van der Waals surface area contributed by atoms with Crippen LogP contribution in [0.4, 0.5) is 11.4 Å². The summed E-state index contributed by atoms with van der Waals surface area (Å²) < 4.78 is -0.724. The second kappa shape index (κ2) is 27.7. The van der Waals surface area contributed by atoms with Gasteiger partial charge in [0.25, 0.3) is 5.91 Å². The van der Waals surface area contributed by atoms with Crippen molar-refractivity contribution in [2.75, 3.05) is 17.7 Å². The Balaban J connectivity index is 1.38. The number of phenolic OH excluding ortho intramolecular Hbond substituents is 1. The first-order chi connectivity index (χ1) is 35.7. The molecule has 0 aromatic heterocycles. The lowest BCUT2D eigenvalue weighted by atomic mass is 9.92. The summed E-state index contributed by atoms with van der Waals surface area (Å²) in [5.41, 5.74) is 18.1. The monoisotopic (exact) mass is 1080 g/mol. The van der Waals surface area contributed by atoms with Gasteiger partial charge in [-0.25, -0.2) is 0 Å². The van der Waals surface area contributed by atoms with Crippen LogP contribution < -0.4 is 48.3 Å². The lowest BCUT2D eigenvalue weighted by molar-refractivity contribution is -0.138. The number of fused-ring (bicyclic) bond motifs is 3. The van der Waals surface area contributed by atoms with Crippen molar-refractivity contribution in [2.45, 2.75) is 130 Å². The van der Waals surface area contributed by atoms with E-state index in [1.54, 1.807) is 24.3 Å². The second-order valence-electron chi connectivity index (χ2n) is 18.4. The summed E-state index contributed by atoms with van der Waals surface area (Å²) in [6, 6.07) is 9.24. The molecule has 3 unspecified atom stereocenters. The van der Waals surface area contributed by atoms with Crippen molar-refractivity contribution in [1.82, 2.24) is 37.2 Å². The van der Waals surface area contributed by atoms with Gasteiger partial charge in [-0.1, -0.05) is 59.7 Å². The fourth-order valence-electron chi connectivity index (χ4n) is 8.28. The number of imide groups is 1. The highest BCUT2D eigenvalue weighted by atomic mass is 32.2. The molecule has 7 amide bonds. The molecule has 0 saturated carbocycles. The van der Waals surface area contributed by atoms with Crippen molar-refractivity contribution in [1.29, 1.82) is 5.41 Å². The first-order valence-electron chi connectivity index (χ1n) is 24.1. The van der Waals surface area contributed by atoms with Crippen molar-refractivity contribution < 1.29 is 54.0 Å². The highest BCUT2D eigenvalue weighted by Crippen LogP contribution is 2.69. The number of phenols is 1. The van der Waals surface area contributed by atoms with Crippen LogP contribution in [0, 0.1) is 5.41 Å². The number of benzene rings is 3. The number of rotatable bonds is 29. The Bertz CT molecular complexity index is 2570. The summed E-state index contributed by atoms with van der Waals surface area (Å²) in [6.45, 7) is 3.42. The third-order valence-electron chi connectivity index (χ3n) is 12.6. The molecule has 26 heteroatoms. The Morgan fingerprint density at radius 2 is 1.41 bits per heavy atom. The fraction of sp³-hybridized carbons (Fsp3) is 0.469. The molecule has 0 spiro atoms. The van der Waals surface area contributed by atoms with Gasteiger partial charge in [0.15, 0.2) is 0 Å². The molecule has 12 atom stereocenters.